The fourth-order valence-electron chi connectivity index (χ4n) is 8.80. The molecule has 12 heteroatoms. The van der Waals surface area contributed by atoms with Crippen molar-refractivity contribution < 1.29 is 32.8 Å². The van der Waals surface area contributed by atoms with Crippen LogP contribution < -0.4 is 9.74 Å². The first-order valence-electron chi connectivity index (χ1n) is 20.6. The topological polar surface area (TPSA) is 134 Å². The van der Waals surface area contributed by atoms with Gasteiger partial charge in [0.25, 0.3) is 17.4 Å². The van der Waals surface area contributed by atoms with Crippen molar-refractivity contribution >= 4 is 45.0 Å². The summed E-state index contributed by atoms with van der Waals surface area (Å²) in [5, 5.41) is 0.938. The Bertz CT molecular complexity index is 2570. The van der Waals surface area contributed by atoms with Crippen molar-refractivity contribution in [2.45, 2.75) is 106 Å². The van der Waals surface area contributed by atoms with E-state index < -0.39 is 27.8 Å². The molecule has 0 aliphatic carbocycles. The van der Waals surface area contributed by atoms with Crippen LogP contribution in [-0.2, 0) is 53.8 Å². The van der Waals surface area contributed by atoms with Gasteiger partial charge in [0.1, 0.15) is 12.4 Å². The highest BCUT2D eigenvalue weighted by Crippen LogP contribution is 2.70. The highest BCUT2D eigenvalue weighted by atomic mass is 32.3. The first-order valence-corrected chi connectivity index (χ1v) is 22.2. The molecule has 1 atom stereocenters. The Morgan fingerprint density at radius 2 is 1.52 bits per heavy atom. The van der Waals surface area contributed by atoms with Crippen molar-refractivity contribution in [3.05, 3.63) is 130 Å². The number of benzene rings is 3. The number of carbonyl (C=O) groups is 4. The molecular weight excluding hydrogens is 779 g/mol. The van der Waals surface area contributed by atoms with Gasteiger partial charge in [-0.2, -0.15) is 0 Å². The molecule has 8 rings (SSSR count). The van der Waals surface area contributed by atoms with Crippen LogP contribution in [-0.4, -0.2) is 49.5 Å². The molecule has 2 amide bonds. The number of fused-ring (bicyclic) bond motifs is 5. The predicted molar refractivity (Wildman–Crippen MR) is 229 cm³/mol. The van der Waals surface area contributed by atoms with E-state index in [9.17, 15) is 24.0 Å². The van der Waals surface area contributed by atoms with Crippen molar-refractivity contribution in [2.75, 3.05) is 6.54 Å². The van der Waals surface area contributed by atoms with Gasteiger partial charge < -0.3 is 18.2 Å². The summed E-state index contributed by atoms with van der Waals surface area (Å²) < 4.78 is 20.3. The molecule has 0 saturated carbocycles. The quantitative estimate of drug-likeness (QED) is 0.0637. The number of cyclic esters (lactones) is 1. The van der Waals surface area contributed by atoms with Gasteiger partial charge in [0.05, 0.1) is 29.0 Å². The van der Waals surface area contributed by atoms with Crippen molar-refractivity contribution in [2.24, 2.45) is 0 Å². The molecule has 11 nitrogen and oxygen atoms in total. The monoisotopic (exact) mass is 827 g/mol. The Morgan fingerprint density at radius 1 is 0.850 bits per heavy atom. The van der Waals surface area contributed by atoms with Crippen LogP contribution in [0.4, 0.5) is 0 Å². The number of aromatic nitrogens is 2. The summed E-state index contributed by atoms with van der Waals surface area (Å²) in [6.45, 7) is 10.8. The number of unbranched alkanes of at least 4 members (excludes halogenated alkanes) is 2. The Kier molecular flexibility index (Phi) is 10.8. The number of rotatable bonds is 13. The van der Waals surface area contributed by atoms with Gasteiger partial charge in [0.15, 0.2) is 0 Å². The Morgan fingerprint density at radius 3 is 2.13 bits per heavy atom. The smallest absolute Gasteiger partial charge is 0.355 e. The molecule has 3 aliphatic rings. The molecule has 2 aromatic heterocycles. The Hall–Kier alpha value is -6.01. The number of hydrogen-bond acceptors (Lipinski definition) is 9. The lowest BCUT2D eigenvalue weighted by Crippen LogP contribution is -2.47. The SMILES string of the molecule is CCc1c2c(nc3ccc(OS(c4ccccc4)(c4ccccc4)C(C)(C)C)cc13)-c1cc3c(c(=O)n1C2)COC(=O)C3(CC)OC(=O)CCCCCN1C(=O)C=CC1=O. The summed E-state index contributed by atoms with van der Waals surface area (Å²) in [6.07, 6.45) is 4.73. The maximum absolute atomic E-state index is 14.4. The van der Waals surface area contributed by atoms with Gasteiger partial charge in [-0.3, -0.25) is 24.1 Å². The lowest BCUT2D eigenvalue weighted by molar-refractivity contribution is -0.189. The maximum atomic E-state index is 14.4. The zero-order chi connectivity index (χ0) is 42.4. The van der Waals surface area contributed by atoms with E-state index in [2.05, 4.69) is 82.3 Å². The summed E-state index contributed by atoms with van der Waals surface area (Å²) >= 11 is 0. The molecule has 3 aromatic carbocycles. The van der Waals surface area contributed by atoms with Crippen LogP contribution in [0.15, 0.2) is 112 Å². The summed E-state index contributed by atoms with van der Waals surface area (Å²) in [5.74, 6) is -1.30. The van der Waals surface area contributed by atoms with Crippen molar-refractivity contribution in [3.63, 3.8) is 0 Å². The molecule has 0 N–H and O–H groups in total. The summed E-state index contributed by atoms with van der Waals surface area (Å²) in [7, 11) is -2.09. The number of carbonyl (C=O) groups excluding carboxylic acids is 4. The van der Waals surface area contributed by atoms with Gasteiger partial charge in [-0.25, -0.2) is 9.78 Å². The first kappa shape index (κ1) is 40.8. The molecule has 0 radical (unpaired) electrons. The van der Waals surface area contributed by atoms with Gasteiger partial charge >= 0.3 is 11.9 Å². The third-order valence-electron chi connectivity index (χ3n) is 11.8. The second-order valence-electron chi connectivity index (χ2n) is 16.3. The van der Waals surface area contributed by atoms with Crippen LogP contribution >= 0.6 is 10.3 Å². The van der Waals surface area contributed by atoms with E-state index in [1.54, 1.807) is 17.6 Å². The predicted octanol–water partition coefficient (Wildman–Crippen LogP) is 8.69. The van der Waals surface area contributed by atoms with Crippen LogP contribution in [0.2, 0.25) is 0 Å². The zero-order valence-electron chi connectivity index (χ0n) is 34.6. The van der Waals surface area contributed by atoms with Crippen LogP contribution in [0.5, 0.6) is 5.75 Å². The molecular formula is C48H49N3O8S. The summed E-state index contributed by atoms with van der Waals surface area (Å²) in [4.78, 5) is 73.7. The van der Waals surface area contributed by atoms with Gasteiger partial charge in [0.2, 0.25) is 5.60 Å². The minimum atomic E-state index is -2.09. The second kappa shape index (κ2) is 15.9. The normalized spacial score (nSPS) is 17.4. The molecule has 0 fully saturated rings. The van der Waals surface area contributed by atoms with E-state index in [0.717, 1.165) is 37.6 Å². The largest absolute Gasteiger partial charge is 0.457 e. The van der Waals surface area contributed by atoms with Crippen molar-refractivity contribution in [1.29, 1.82) is 0 Å². The Labute approximate surface area is 350 Å². The van der Waals surface area contributed by atoms with E-state index >= 15 is 0 Å². The molecule has 0 saturated heterocycles. The average Bonchev–Trinajstić information content (AvgIpc) is 3.77. The number of esters is 2. The minimum Gasteiger partial charge on any atom is -0.457 e. The second-order valence-corrected chi connectivity index (χ2v) is 19.8. The summed E-state index contributed by atoms with van der Waals surface area (Å²) in [5.41, 5.74) is 2.39. The number of imide groups is 1. The van der Waals surface area contributed by atoms with Crippen LogP contribution in [0.25, 0.3) is 22.3 Å². The number of hydrogen-bond donors (Lipinski definition) is 0. The van der Waals surface area contributed by atoms with E-state index in [4.69, 9.17) is 18.6 Å². The van der Waals surface area contributed by atoms with Crippen molar-refractivity contribution in [1.82, 2.24) is 14.5 Å². The highest BCUT2D eigenvalue weighted by Gasteiger charge is 2.50. The van der Waals surface area contributed by atoms with Gasteiger partial charge in [-0.15, -0.1) is 0 Å². The number of pyridine rings is 2. The molecule has 60 heavy (non-hydrogen) atoms. The fraction of sp³-hybridized carbons (Fsp3) is 0.333. The highest BCUT2D eigenvalue weighted by molar-refractivity contribution is 8.31. The maximum Gasteiger partial charge on any atom is 0.355 e. The standard InChI is InChI=1S/C48H49N3O8S/c1-6-34-35-27-31(59-60(47(3,4)5,32-17-11-8-12-18-32)33-19-13-9-14-20-33)22-23-39(35)49-44-36(34)29-51-40(44)28-38-37(45(51)55)30-57-46(56)48(38,7-2)58-43(54)21-15-10-16-26-50-41(52)24-25-42(50)53/h8-9,11-14,17-20,22-25,27-28H,6-7,10,15-16,21,26,29-30H2,1-5H3. The Balaban J connectivity index is 1.12. The number of nitrogens with zero attached hydrogens (tertiary/aromatic N) is 3. The number of amides is 2. The molecule has 0 spiro atoms. The number of ether oxygens (including phenoxy) is 2. The molecule has 1 unspecified atom stereocenters. The molecule has 3 aliphatic heterocycles. The fourth-order valence-corrected chi connectivity index (χ4v) is 12.4. The van der Waals surface area contributed by atoms with E-state index in [1.165, 1.54) is 17.1 Å². The van der Waals surface area contributed by atoms with E-state index in [-0.39, 0.29) is 60.2 Å². The van der Waals surface area contributed by atoms with Crippen LogP contribution in [0.1, 0.15) is 89.0 Å². The van der Waals surface area contributed by atoms with E-state index in [1.807, 2.05) is 24.3 Å². The van der Waals surface area contributed by atoms with E-state index in [0.29, 0.717) is 42.6 Å². The van der Waals surface area contributed by atoms with Gasteiger partial charge in [-0.05, 0) is 111 Å². The van der Waals surface area contributed by atoms with Crippen molar-refractivity contribution in [3.8, 4) is 17.1 Å². The third kappa shape index (κ3) is 6.80. The molecule has 310 valence electrons. The third-order valence-corrected chi connectivity index (χ3v) is 15.8. The molecule has 0 bridgehead atoms. The van der Waals surface area contributed by atoms with Gasteiger partial charge in [0, 0.05) is 56.2 Å². The average molecular weight is 828 g/mol. The first-order chi connectivity index (χ1) is 28.8. The van der Waals surface area contributed by atoms with Crippen LogP contribution in [0.3, 0.4) is 0 Å². The zero-order valence-corrected chi connectivity index (χ0v) is 35.4. The summed E-state index contributed by atoms with van der Waals surface area (Å²) in [6, 6.07) is 28.6. The van der Waals surface area contributed by atoms with Gasteiger partial charge in [-0.1, -0.05) is 56.7 Å². The number of aryl methyl sites for hydroxylation is 1. The lowest BCUT2D eigenvalue weighted by atomic mass is 9.85. The molecule has 5 aromatic rings. The van der Waals surface area contributed by atoms with Crippen LogP contribution in [0, 0.1) is 0 Å². The lowest BCUT2D eigenvalue weighted by Gasteiger charge is -2.50. The minimum absolute atomic E-state index is 0.00539. The molecule has 5 heterocycles.